The van der Waals surface area contributed by atoms with Gasteiger partial charge in [0, 0.05) is 26.7 Å². The number of halogens is 1. The summed E-state index contributed by atoms with van der Waals surface area (Å²) >= 11 is 0. The van der Waals surface area contributed by atoms with Crippen molar-refractivity contribution in [3.05, 3.63) is 23.8 Å². The van der Waals surface area contributed by atoms with Gasteiger partial charge in [-0.05, 0) is 24.1 Å². The van der Waals surface area contributed by atoms with E-state index in [4.69, 9.17) is 14.2 Å². The smallest absolute Gasteiger partial charge is 0.191 e. The quantitative estimate of drug-likeness (QED) is 0.248. The molecule has 0 unspecified atom stereocenters. The molecule has 0 spiro atoms. The van der Waals surface area contributed by atoms with Gasteiger partial charge in [-0.3, -0.25) is 4.99 Å². The first kappa shape index (κ1) is 22.8. The number of nitrogens with zero attached hydrogens (tertiary/aromatic N) is 1. The second kappa shape index (κ2) is 14.2. The zero-order chi connectivity index (χ0) is 16.9. The van der Waals surface area contributed by atoms with Crippen LogP contribution >= 0.6 is 24.0 Å². The Morgan fingerprint density at radius 2 is 1.83 bits per heavy atom. The summed E-state index contributed by atoms with van der Waals surface area (Å²) in [6.07, 6.45) is 2.26. The minimum absolute atomic E-state index is 0. The average Bonchev–Trinajstić information content (AvgIpc) is 2.60. The predicted octanol–water partition coefficient (Wildman–Crippen LogP) is 2.80. The molecule has 138 valence electrons. The van der Waals surface area contributed by atoms with Gasteiger partial charge in [0.15, 0.2) is 17.5 Å². The van der Waals surface area contributed by atoms with Crippen LogP contribution in [0.5, 0.6) is 11.5 Å². The van der Waals surface area contributed by atoms with Gasteiger partial charge in [0.1, 0.15) is 0 Å². The second-order valence-corrected chi connectivity index (χ2v) is 5.01. The third kappa shape index (κ3) is 8.58. The summed E-state index contributed by atoms with van der Waals surface area (Å²) in [5.41, 5.74) is 1.09. The van der Waals surface area contributed by atoms with E-state index in [1.165, 1.54) is 0 Å². The Balaban J connectivity index is 0.00000529. The molecule has 0 fully saturated rings. The van der Waals surface area contributed by atoms with Crippen LogP contribution in [0.2, 0.25) is 0 Å². The number of rotatable bonds is 10. The number of aliphatic imine (C=N–C) groups is 1. The topological polar surface area (TPSA) is 64.1 Å². The summed E-state index contributed by atoms with van der Waals surface area (Å²) < 4.78 is 16.1. The number of ether oxygens (including phenoxy) is 3. The van der Waals surface area contributed by atoms with Gasteiger partial charge in [0.05, 0.1) is 20.8 Å². The number of methoxy groups -OCH3 is 2. The first-order valence-corrected chi connectivity index (χ1v) is 7.98. The molecule has 0 aromatic heterocycles. The van der Waals surface area contributed by atoms with Crippen LogP contribution in [0.3, 0.4) is 0 Å². The molecule has 1 rings (SSSR count). The number of hydrogen-bond acceptors (Lipinski definition) is 4. The average molecular weight is 451 g/mol. The first-order valence-electron chi connectivity index (χ1n) is 7.98. The van der Waals surface area contributed by atoms with Crippen molar-refractivity contribution in [3.8, 4) is 11.5 Å². The minimum atomic E-state index is 0. The monoisotopic (exact) mass is 451 g/mol. The Hall–Kier alpha value is -1.22. The normalized spacial score (nSPS) is 10.8. The summed E-state index contributed by atoms with van der Waals surface area (Å²) in [4.78, 5) is 4.20. The van der Waals surface area contributed by atoms with E-state index in [9.17, 15) is 0 Å². The SMILES string of the molecule is CCCCOCCNC(=NC)NCc1ccc(OC)c(OC)c1.I. The molecule has 24 heavy (non-hydrogen) atoms. The molecule has 0 saturated heterocycles. The Morgan fingerprint density at radius 1 is 1.08 bits per heavy atom. The van der Waals surface area contributed by atoms with E-state index in [2.05, 4.69) is 22.5 Å². The van der Waals surface area contributed by atoms with E-state index in [-0.39, 0.29) is 24.0 Å². The van der Waals surface area contributed by atoms with Crippen molar-refractivity contribution in [2.75, 3.05) is 41.0 Å². The van der Waals surface area contributed by atoms with Crippen molar-refractivity contribution in [2.45, 2.75) is 26.3 Å². The van der Waals surface area contributed by atoms with Crippen molar-refractivity contribution >= 4 is 29.9 Å². The maximum atomic E-state index is 5.51. The lowest BCUT2D eigenvalue weighted by atomic mass is 10.2. The molecule has 1 aromatic carbocycles. The standard InChI is InChI=1S/C17H29N3O3.HI/c1-5-6-10-23-11-9-19-17(18-2)20-13-14-7-8-15(21-3)16(12-14)22-4;/h7-8,12H,5-6,9-11,13H2,1-4H3,(H2,18,19,20);1H. The van der Waals surface area contributed by atoms with E-state index in [0.717, 1.165) is 49.0 Å². The van der Waals surface area contributed by atoms with E-state index < -0.39 is 0 Å². The molecule has 0 bridgehead atoms. The highest BCUT2D eigenvalue weighted by molar-refractivity contribution is 14.0. The Morgan fingerprint density at radius 3 is 2.46 bits per heavy atom. The molecular formula is C17H30IN3O3. The summed E-state index contributed by atoms with van der Waals surface area (Å²) in [5.74, 6) is 2.20. The predicted molar refractivity (Wildman–Crippen MR) is 109 cm³/mol. The molecule has 0 heterocycles. The molecule has 6 nitrogen and oxygen atoms in total. The third-order valence-electron chi connectivity index (χ3n) is 3.31. The fraction of sp³-hybridized carbons (Fsp3) is 0.588. The van der Waals surface area contributed by atoms with E-state index in [1.807, 2.05) is 18.2 Å². The Bertz CT molecular complexity index is 484. The van der Waals surface area contributed by atoms with E-state index in [1.54, 1.807) is 21.3 Å². The highest BCUT2D eigenvalue weighted by Gasteiger charge is 2.05. The maximum absolute atomic E-state index is 5.51. The van der Waals surface area contributed by atoms with Gasteiger partial charge in [0.2, 0.25) is 0 Å². The largest absolute Gasteiger partial charge is 0.493 e. The molecule has 0 aliphatic rings. The molecule has 1 aromatic rings. The lowest BCUT2D eigenvalue weighted by molar-refractivity contribution is 0.136. The minimum Gasteiger partial charge on any atom is -0.493 e. The number of hydrogen-bond donors (Lipinski definition) is 2. The molecule has 0 aliphatic carbocycles. The van der Waals surface area contributed by atoms with Crippen LogP contribution < -0.4 is 20.1 Å². The molecule has 0 saturated carbocycles. The summed E-state index contributed by atoms with van der Waals surface area (Å²) in [6, 6.07) is 5.84. The fourth-order valence-corrected chi connectivity index (χ4v) is 1.99. The summed E-state index contributed by atoms with van der Waals surface area (Å²) in [5, 5.41) is 6.49. The third-order valence-corrected chi connectivity index (χ3v) is 3.31. The van der Waals surface area contributed by atoms with Crippen molar-refractivity contribution in [3.63, 3.8) is 0 Å². The summed E-state index contributed by atoms with van der Waals surface area (Å²) in [6.45, 7) is 5.03. The molecule has 2 N–H and O–H groups in total. The fourth-order valence-electron chi connectivity index (χ4n) is 1.99. The molecule has 0 amide bonds. The van der Waals surface area contributed by atoms with Crippen LogP contribution in [0.25, 0.3) is 0 Å². The Kier molecular flexibility index (Phi) is 13.4. The van der Waals surface area contributed by atoms with Crippen LogP contribution in [0, 0.1) is 0 Å². The number of unbranched alkanes of at least 4 members (excludes halogenated alkanes) is 1. The molecular weight excluding hydrogens is 421 g/mol. The summed E-state index contributed by atoms with van der Waals surface area (Å²) in [7, 11) is 5.01. The van der Waals surface area contributed by atoms with Crippen LogP contribution in [-0.4, -0.2) is 47.0 Å². The van der Waals surface area contributed by atoms with Crippen molar-refractivity contribution < 1.29 is 14.2 Å². The van der Waals surface area contributed by atoms with Crippen LogP contribution in [0.4, 0.5) is 0 Å². The first-order chi connectivity index (χ1) is 11.2. The van der Waals surface area contributed by atoms with Gasteiger partial charge in [-0.15, -0.1) is 24.0 Å². The second-order valence-electron chi connectivity index (χ2n) is 5.01. The molecule has 0 atom stereocenters. The van der Waals surface area contributed by atoms with Gasteiger partial charge in [-0.25, -0.2) is 0 Å². The number of guanidine groups is 1. The van der Waals surface area contributed by atoms with Crippen molar-refractivity contribution in [2.24, 2.45) is 4.99 Å². The zero-order valence-corrected chi connectivity index (χ0v) is 17.4. The maximum Gasteiger partial charge on any atom is 0.191 e. The van der Waals surface area contributed by atoms with Crippen LogP contribution in [0.15, 0.2) is 23.2 Å². The van der Waals surface area contributed by atoms with Gasteiger partial charge in [0.25, 0.3) is 0 Å². The van der Waals surface area contributed by atoms with Crippen LogP contribution in [0.1, 0.15) is 25.3 Å². The van der Waals surface area contributed by atoms with Crippen molar-refractivity contribution in [1.29, 1.82) is 0 Å². The van der Waals surface area contributed by atoms with Crippen LogP contribution in [-0.2, 0) is 11.3 Å². The van der Waals surface area contributed by atoms with Crippen molar-refractivity contribution in [1.82, 2.24) is 10.6 Å². The molecule has 0 radical (unpaired) electrons. The van der Waals surface area contributed by atoms with E-state index in [0.29, 0.717) is 13.2 Å². The molecule has 7 heteroatoms. The van der Waals surface area contributed by atoms with E-state index >= 15 is 0 Å². The van der Waals surface area contributed by atoms with Gasteiger partial charge in [-0.1, -0.05) is 19.4 Å². The lowest BCUT2D eigenvalue weighted by Gasteiger charge is -2.13. The number of nitrogens with one attached hydrogen (secondary N) is 2. The van der Waals surface area contributed by atoms with Gasteiger partial charge >= 0.3 is 0 Å². The molecule has 0 aliphatic heterocycles. The Labute approximate surface area is 162 Å². The number of benzene rings is 1. The van der Waals surface area contributed by atoms with Gasteiger partial charge < -0.3 is 24.8 Å². The van der Waals surface area contributed by atoms with Gasteiger partial charge in [-0.2, -0.15) is 0 Å². The highest BCUT2D eigenvalue weighted by Crippen LogP contribution is 2.27. The lowest BCUT2D eigenvalue weighted by Crippen LogP contribution is -2.38. The zero-order valence-electron chi connectivity index (χ0n) is 15.1. The highest BCUT2D eigenvalue weighted by atomic mass is 127.